The number of rotatable bonds is 4. The van der Waals surface area contributed by atoms with E-state index in [1.165, 1.54) is 22.3 Å². The molecule has 0 saturated carbocycles. The standard InChI is InChI=1S/C52H31N3O2/c1-3-16-32(17-4-1)49-53-50(33-18-5-2-6-19-33)55-51(54-49)37-22-8-7-20-34(37)36-23-15-29-46-48(36)39-30-38-35-21-9-10-24-40(35)52(43(38)31-47(39)57-46)41-25-11-13-27-44(41)56-45-28-14-12-26-42(45)52/h1-31H. The number of ether oxygens (including phenoxy) is 1. The summed E-state index contributed by atoms with van der Waals surface area (Å²) < 4.78 is 13.4. The molecular weight excluding hydrogens is 699 g/mol. The van der Waals surface area contributed by atoms with E-state index in [-0.39, 0.29) is 0 Å². The minimum absolute atomic E-state index is 0.578. The maximum atomic E-state index is 6.88. The summed E-state index contributed by atoms with van der Waals surface area (Å²) in [4.78, 5) is 15.2. The highest BCUT2D eigenvalue weighted by Crippen LogP contribution is 2.62. The highest BCUT2D eigenvalue weighted by atomic mass is 16.5. The van der Waals surface area contributed by atoms with Gasteiger partial charge in [-0.1, -0.05) is 158 Å². The van der Waals surface area contributed by atoms with Gasteiger partial charge in [-0.05, 0) is 63.7 Å². The Morgan fingerprint density at radius 3 is 1.54 bits per heavy atom. The third kappa shape index (κ3) is 4.60. The van der Waals surface area contributed by atoms with Crippen LogP contribution in [-0.4, -0.2) is 15.0 Å². The SMILES string of the molecule is c1ccc(-c2nc(-c3ccccc3)nc(-c3ccccc3-c3cccc4oc5cc6c(cc5c34)-c3ccccc3C63c4ccccc4Oc4ccccc43)n2)cc1. The predicted molar refractivity (Wildman–Crippen MR) is 226 cm³/mol. The van der Waals surface area contributed by atoms with Crippen LogP contribution >= 0.6 is 0 Å². The van der Waals surface area contributed by atoms with E-state index in [9.17, 15) is 0 Å². The monoisotopic (exact) mass is 729 g/mol. The minimum Gasteiger partial charge on any atom is -0.457 e. The molecule has 2 aliphatic rings. The molecule has 0 unspecified atom stereocenters. The van der Waals surface area contributed by atoms with Crippen molar-refractivity contribution in [2.75, 3.05) is 0 Å². The molecule has 0 amide bonds. The lowest BCUT2D eigenvalue weighted by atomic mass is 9.66. The van der Waals surface area contributed by atoms with Gasteiger partial charge in [-0.2, -0.15) is 0 Å². The lowest BCUT2D eigenvalue weighted by Gasteiger charge is -2.39. The normalized spacial score (nSPS) is 13.2. The Morgan fingerprint density at radius 1 is 0.351 bits per heavy atom. The molecule has 5 nitrogen and oxygen atoms in total. The van der Waals surface area contributed by atoms with Crippen LogP contribution in [0.25, 0.3) is 78.4 Å². The predicted octanol–water partition coefficient (Wildman–Crippen LogP) is 12.9. The summed E-state index contributed by atoms with van der Waals surface area (Å²) in [5.74, 6) is 3.59. The summed E-state index contributed by atoms with van der Waals surface area (Å²) in [6, 6.07) is 65.3. The van der Waals surface area contributed by atoms with E-state index in [2.05, 4.69) is 109 Å². The second-order valence-corrected chi connectivity index (χ2v) is 14.6. The van der Waals surface area contributed by atoms with Gasteiger partial charge in [0.15, 0.2) is 17.5 Å². The first-order chi connectivity index (χ1) is 28.3. The fourth-order valence-corrected chi connectivity index (χ4v) is 9.24. The van der Waals surface area contributed by atoms with Crippen molar-refractivity contribution < 1.29 is 9.15 Å². The van der Waals surface area contributed by atoms with E-state index in [1.54, 1.807) is 0 Å². The largest absolute Gasteiger partial charge is 0.457 e. The third-order valence-electron chi connectivity index (χ3n) is 11.6. The zero-order chi connectivity index (χ0) is 37.5. The van der Waals surface area contributed by atoms with Gasteiger partial charge >= 0.3 is 0 Å². The quantitative estimate of drug-likeness (QED) is 0.180. The number of furan rings is 1. The van der Waals surface area contributed by atoms with Gasteiger partial charge in [-0.15, -0.1) is 0 Å². The van der Waals surface area contributed by atoms with Gasteiger partial charge in [-0.25, -0.2) is 15.0 Å². The fourth-order valence-electron chi connectivity index (χ4n) is 9.24. The highest BCUT2D eigenvalue weighted by molar-refractivity contribution is 6.15. The Bertz CT molecular complexity index is 3120. The summed E-state index contributed by atoms with van der Waals surface area (Å²) in [7, 11) is 0. The van der Waals surface area contributed by atoms with E-state index < -0.39 is 5.41 Å². The second kappa shape index (κ2) is 12.2. The summed E-state index contributed by atoms with van der Waals surface area (Å²) in [5.41, 5.74) is 13.0. The van der Waals surface area contributed by atoms with Crippen LogP contribution in [0.2, 0.25) is 0 Å². The molecule has 0 atom stereocenters. The maximum absolute atomic E-state index is 6.88. The van der Waals surface area contributed by atoms with Gasteiger partial charge < -0.3 is 9.15 Å². The van der Waals surface area contributed by atoms with Crippen LogP contribution in [0, 0.1) is 0 Å². The summed E-state index contributed by atoms with van der Waals surface area (Å²) in [6.45, 7) is 0. The van der Waals surface area contributed by atoms with E-state index in [0.29, 0.717) is 17.5 Å². The van der Waals surface area contributed by atoms with Crippen LogP contribution in [-0.2, 0) is 5.41 Å². The first-order valence-electron chi connectivity index (χ1n) is 19.2. The maximum Gasteiger partial charge on any atom is 0.164 e. The van der Waals surface area contributed by atoms with Crippen molar-refractivity contribution in [1.29, 1.82) is 0 Å². The fraction of sp³-hybridized carbons (Fsp3) is 0.0192. The topological polar surface area (TPSA) is 61.0 Å². The number of para-hydroxylation sites is 2. The number of hydrogen-bond acceptors (Lipinski definition) is 5. The van der Waals surface area contributed by atoms with Crippen molar-refractivity contribution in [3.63, 3.8) is 0 Å². The molecule has 1 spiro atoms. The van der Waals surface area contributed by atoms with E-state index in [1.807, 2.05) is 78.9 Å². The molecule has 1 aliphatic carbocycles. The first-order valence-corrected chi connectivity index (χ1v) is 19.2. The molecule has 5 heteroatoms. The van der Waals surface area contributed by atoms with Crippen LogP contribution in [0.1, 0.15) is 22.3 Å². The van der Waals surface area contributed by atoms with Gasteiger partial charge in [0, 0.05) is 38.6 Å². The smallest absolute Gasteiger partial charge is 0.164 e. The van der Waals surface area contributed by atoms with Crippen LogP contribution in [0.3, 0.4) is 0 Å². The number of benzene rings is 8. The van der Waals surface area contributed by atoms with Crippen molar-refractivity contribution in [2.45, 2.75) is 5.41 Å². The van der Waals surface area contributed by atoms with Crippen molar-refractivity contribution in [1.82, 2.24) is 15.0 Å². The van der Waals surface area contributed by atoms with Crippen molar-refractivity contribution in [3.05, 3.63) is 210 Å². The van der Waals surface area contributed by atoms with Gasteiger partial charge in [0.1, 0.15) is 22.7 Å². The van der Waals surface area contributed by atoms with Gasteiger partial charge in [0.05, 0.1) is 5.41 Å². The lowest BCUT2D eigenvalue weighted by Crippen LogP contribution is -2.32. The Morgan fingerprint density at radius 2 is 0.877 bits per heavy atom. The number of hydrogen-bond donors (Lipinski definition) is 0. The molecule has 12 rings (SSSR count). The first kappa shape index (κ1) is 31.7. The number of nitrogens with zero attached hydrogens (tertiary/aromatic N) is 3. The van der Waals surface area contributed by atoms with Crippen LogP contribution < -0.4 is 4.74 Å². The van der Waals surface area contributed by atoms with Crippen LogP contribution in [0.15, 0.2) is 192 Å². The summed E-state index contributed by atoms with van der Waals surface area (Å²) in [5, 5.41) is 2.11. The number of fused-ring (bicyclic) bond motifs is 12. The van der Waals surface area contributed by atoms with Gasteiger partial charge in [0.2, 0.25) is 0 Å². The molecule has 1 aliphatic heterocycles. The summed E-state index contributed by atoms with van der Waals surface area (Å²) >= 11 is 0. The van der Waals surface area contributed by atoms with Crippen LogP contribution in [0.4, 0.5) is 0 Å². The molecule has 0 bridgehead atoms. The average Bonchev–Trinajstić information content (AvgIpc) is 3.79. The molecule has 8 aromatic carbocycles. The molecule has 2 aromatic heterocycles. The third-order valence-corrected chi connectivity index (χ3v) is 11.6. The van der Waals surface area contributed by atoms with Crippen molar-refractivity contribution in [2.24, 2.45) is 0 Å². The molecule has 266 valence electrons. The molecule has 0 fully saturated rings. The van der Waals surface area contributed by atoms with E-state index >= 15 is 0 Å². The molecule has 0 saturated heterocycles. The van der Waals surface area contributed by atoms with Crippen molar-refractivity contribution >= 4 is 21.9 Å². The lowest BCUT2D eigenvalue weighted by molar-refractivity contribution is 0.436. The molecule has 10 aromatic rings. The molecule has 0 radical (unpaired) electrons. The average molecular weight is 730 g/mol. The zero-order valence-corrected chi connectivity index (χ0v) is 30.6. The minimum atomic E-state index is -0.578. The zero-order valence-electron chi connectivity index (χ0n) is 30.6. The molecule has 3 heterocycles. The second-order valence-electron chi connectivity index (χ2n) is 14.6. The Hall–Kier alpha value is -7.63. The van der Waals surface area contributed by atoms with E-state index in [0.717, 1.165) is 72.4 Å². The Balaban J connectivity index is 1.11. The van der Waals surface area contributed by atoms with Gasteiger partial charge in [0.25, 0.3) is 0 Å². The van der Waals surface area contributed by atoms with Gasteiger partial charge in [-0.3, -0.25) is 0 Å². The van der Waals surface area contributed by atoms with Crippen LogP contribution in [0.5, 0.6) is 11.5 Å². The number of aromatic nitrogens is 3. The molecule has 0 N–H and O–H groups in total. The summed E-state index contributed by atoms with van der Waals surface area (Å²) in [6.07, 6.45) is 0. The molecule has 57 heavy (non-hydrogen) atoms. The Kier molecular flexibility index (Phi) is 6.78. The van der Waals surface area contributed by atoms with Crippen molar-refractivity contribution in [3.8, 4) is 67.9 Å². The molecular formula is C52H31N3O2. The Labute approximate surface area is 328 Å². The highest BCUT2D eigenvalue weighted by Gasteiger charge is 2.51. The van der Waals surface area contributed by atoms with E-state index in [4.69, 9.17) is 24.1 Å².